The Kier molecular flexibility index (Phi) is 3.55. The van der Waals surface area contributed by atoms with E-state index in [9.17, 15) is 4.79 Å². The molecule has 2 amide bonds. The number of hydrogen-bond acceptors (Lipinski definition) is 3. The third kappa shape index (κ3) is 2.31. The molecule has 22 heavy (non-hydrogen) atoms. The zero-order valence-electron chi connectivity index (χ0n) is 12.2. The van der Waals surface area contributed by atoms with Crippen LogP contribution in [-0.2, 0) is 0 Å². The van der Waals surface area contributed by atoms with Crippen LogP contribution in [-0.4, -0.2) is 32.0 Å². The first-order valence-corrected chi connectivity index (χ1v) is 6.92. The highest BCUT2D eigenvalue weighted by molar-refractivity contribution is 6.33. The van der Waals surface area contributed by atoms with Crippen LogP contribution in [0.1, 0.15) is 11.1 Å². The van der Waals surface area contributed by atoms with Crippen molar-refractivity contribution in [3.8, 4) is 6.07 Å². The number of benzene rings is 1. The normalized spacial score (nSPS) is 14.3. The Balaban J connectivity index is 1.92. The van der Waals surface area contributed by atoms with Crippen LogP contribution in [0, 0.1) is 18.3 Å². The monoisotopic (exact) mass is 288 g/mol. The summed E-state index contributed by atoms with van der Waals surface area (Å²) in [6.45, 7) is 2.93. The first-order valence-electron chi connectivity index (χ1n) is 6.92. The molecule has 0 saturated carbocycles. The second kappa shape index (κ2) is 5.53. The van der Waals surface area contributed by atoms with Crippen molar-refractivity contribution in [2.75, 3.05) is 22.9 Å². The van der Waals surface area contributed by atoms with Crippen molar-refractivity contribution in [2.24, 2.45) is 0 Å². The molecule has 0 atom stereocenters. The lowest BCUT2D eigenvalue weighted by molar-refractivity contribution is 0.255. The smallest absolute Gasteiger partial charge is 0.292 e. The van der Waals surface area contributed by atoms with E-state index in [-0.39, 0.29) is 6.03 Å². The number of nitrogens with zero attached hydrogens (tertiary/aromatic N) is 4. The van der Waals surface area contributed by atoms with Crippen molar-refractivity contribution in [3.05, 3.63) is 47.7 Å². The first kappa shape index (κ1) is 14.1. The molecular weight excluding hydrogens is 275 g/mol. The molecule has 5 nitrogen and oxygen atoms in total. The van der Waals surface area contributed by atoms with E-state index in [1.807, 2.05) is 13.0 Å². The quantitative estimate of drug-likeness (QED) is 0.787. The van der Waals surface area contributed by atoms with Gasteiger partial charge in [-0.15, -0.1) is 0 Å². The molecule has 0 unspecified atom stereocenters. The van der Waals surface area contributed by atoms with Gasteiger partial charge in [-0.3, -0.25) is 9.80 Å². The molecule has 1 aromatic carbocycles. The Bertz CT molecular complexity index is 784. The van der Waals surface area contributed by atoms with Gasteiger partial charge in [0.25, 0.3) is 0 Å². The molecule has 0 N–H and O–H groups in total. The zero-order valence-corrected chi connectivity index (χ0v) is 12.2. The standard InChI is InChI=1S/C16H13BN4O/c1-11-14(17)5-6-19-15(11)21-8-7-20(16(21)22)13-4-2-3-12(9-13)10-18/h2-6,9H,7-8H2,1H3. The van der Waals surface area contributed by atoms with E-state index in [1.165, 1.54) is 0 Å². The number of pyridine rings is 1. The highest BCUT2D eigenvalue weighted by atomic mass is 16.2. The highest BCUT2D eigenvalue weighted by Crippen LogP contribution is 2.25. The summed E-state index contributed by atoms with van der Waals surface area (Å²) in [5.74, 6) is 0.587. The number of hydrogen-bond donors (Lipinski definition) is 0. The van der Waals surface area contributed by atoms with Crippen molar-refractivity contribution < 1.29 is 4.79 Å². The van der Waals surface area contributed by atoms with Crippen LogP contribution >= 0.6 is 0 Å². The second-order valence-electron chi connectivity index (χ2n) is 5.10. The Morgan fingerprint density at radius 3 is 2.82 bits per heavy atom. The number of urea groups is 1. The molecule has 0 spiro atoms. The van der Waals surface area contributed by atoms with Gasteiger partial charge in [-0.25, -0.2) is 9.78 Å². The maximum Gasteiger partial charge on any atom is 0.330 e. The summed E-state index contributed by atoms with van der Waals surface area (Å²) < 4.78 is 0. The van der Waals surface area contributed by atoms with Gasteiger partial charge in [0.15, 0.2) is 0 Å². The summed E-state index contributed by atoms with van der Waals surface area (Å²) in [7, 11) is 5.89. The number of aromatic nitrogens is 1. The Morgan fingerprint density at radius 2 is 2.05 bits per heavy atom. The molecule has 0 aliphatic carbocycles. The van der Waals surface area contributed by atoms with Crippen molar-refractivity contribution in [3.63, 3.8) is 0 Å². The summed E-state index contributed by atoms with van der Waals surface area (Å²) >= 11 is 0. The van der Waals surface area contributed by atoms with E-state index in [4.69, 9.17) is 13.1 Å². The lowest BCUT2D eigenvalue weighted by Gasteiger charge is -2.20. The molecule has 1 aliphatic heterocycles. The number of anilines is 2. The molecule has 1 aromatic heterocycles. The number of rotatable bonds is 2. The predicted molar refractivity (Wildman–Crippen MR) is 85.6 cm³/mol. The molecule has 1 aliphatic rings. The molecule has 3 rings (SSSR count). The molecule has 1 fully saturated rings. The van der Waals surface area contributed by atoms with E-state index < -0.39 is 0 Å². The number of nitriles is 1. The molecule has 6 heteroatoms. The van der Waals surface area contributed by atoms with Crippen LogP contribution in [0.15, 0.2) is 36.5 Å². The fourth-order valence-corrected chi connectivity index (χ4v) is 2.53. The first-order chi connectivity index (χ1) is 10.6. The maximum atomic E-state index is 12.7. The van der Waals surface area contributed by atoms with Crippen LogP contribution in [0.5, 0.6) is 0 Å². The second-order valence-corrected chi connectivity index (χ2v) is 5.10. The molecule has 1 saturated heterocycles. The topological polar surface area (TPSA) is 60.2 Å². The van der Waals surface area contributed by atoms with E-state index in [0.29, 0.717) is 35.6 Å². The van der Waals surface area contributed by atoms with E-state index in [1.54, 1.807) is 40.3 Å². The largest absolute Gasteiger partial charge is 0.330 e. The van der Waals surface area contributed by atoms with Crippen molar-refractivity contribution >= 4 is 30.8 Å². The maximum absolute atomic E-state index is 12.7. The molecule has 0 bridgehead atoms. The Morgan fingerprint density at radius 1 is 1.27 bits per heavy atom. The zero-order chi connectivity index (χ0) is 15.7. The van der Waals surface area contributed by atoms with E-state index >= 15 is 0 Å². The molecule has 2 heterocycles. The number of carbonyl (C=O) groups excluding carboxylic acids is 1. The lowest BCUT2D eigenvalue weighted by atomic mass is 9.92. The van der Waals surface area contributed by atoms with Crippen molar-refractivity contribution in [1.29, 1.82) is 5.26 Å². The van der Waals surface area contributed by atoms with Crippen LogP contribution in [0.25, 0.3) is 0 Å². The van der Waals surface area contributed by atoms with Gasteiger partial charge in [-0.1, -0.05) is 17.6 Å². The van der Waals surface area contributed by atoms with Gasteiger partial charge in [0, 0.05) is 25.0 Å². The van der Waals surface area contributed by atoms with Crippen LogP contribution in [0.3, 0.4) is 0 Å². The van der Waals surface area contributed by atoms with Crippen molar-refractivity contribution in [2.45, 2.75) is 6.92 Å². The van der Waals surface area contributed by atoms with Crippen LogP contribution in [0.4, 0.5) is 16.3 Å². The average molecular weight is 288 g/mol. The molecular formula is C16H13BN4O. The molecule has 2 aromatic rings. The minimum atomic E-state index is -0.156. The van der Waals surface area contributed by atoms with Crippen LogP contribution < -0.4 is 15.3 Å². The molecule has 106 valence electrons. The molecule has 2 radical (unpaired) electrons. The SMILES string of the molecule is [B]c1ccnc(N2CCN(c3cccc(C#N)c3)C2=O)c1C. The summed E-state index contributed by atoms with van der Waals surface area (Å²) in [4.78, 5) is 20.2. The van der Waals surface area contributed by atoms with Crippen LogP contribution in [0.2, 0.25) is 0 Å². The summed E-state index contributed by atoms with van der Waals surface area (Å²) in [6, 6.07) is 10.7. The average Bonchev–Trinajstić information content (AvgIpc) is 2.92. The van der Waals surface area contributed by atoms with Gasteiger partial charge in [-0.05, 0) is 30.7 Å². The minimum Gasteiger partial charge on any atom is -0.292 e. The fourth-order valence-electron chi connectivity index (χ4n) is 2.53. The highest BCUT2D eigenvalue weighted by Gasteiger charge is 2.32. The Labute approximate surface area is 130 Å². The number of carbonyl (C=O) groups is 1. The van der Waals surface area contributed by atoms with Crippen molar-refractivity contribution in [1.82, 2.24) is 4.98 Å². The lowest BCUT2D eigenvalue weighted by Crippen LogP contribution is -2.33. The number of amides is 2. The summed E-state index contributed by atoms with van der Waals surface area (Å²) in [5.41, 5.74) is 2.65. The van der Waals surface area contributed by atoms with E-state index in [0.717, 1.165) is 5.56 Å². The third-order valence-electron chi connectivity index (χ3n) is 3.77. The Hall–Kier alpha value is -2.81. The summed E-state index contributed by atoms with van der Waals surface area (Å²) in [6.07, 6.45) is 1.60. The third-order valence-corrected chi connectivity index (χ3v) is 3.77. The minimum absolute atomic E-state index is 0.156. The van der Waals surface area contributed by atoms with Gasteiger partial charge in [-0.2, -0.15) is 5.26 Å². The van der Waals surface area contributed by atoms with Gasteiger partial charge >= 0.3 is 6.03 Å². The van der Waals surface area contributed by atoms with Gasteiger partial charge in [0.2, 0.25) is 0 Å². The van der Waals surface area contributed by atoms with E-state index in [2.05, 4.69) is 11.1 Å². The van der Waals surface area contributed by atoms with Gasteiger partial charge < -0.3 is 0 Å². The summed E-state index contributed by atoms with van der Waals surface area (Å²) in [5, 5.41) is 8.98. The van der Waals surface area contributed by atoms with Gasteiger partial charge in [0.05, 0.1) is 11.6 Å². The van der Waals surface area contributed by atoms with Gasteiger partial charge in [0.1, 0.15) is 13.7 Å². The predicted octanol–water partition coefficient (Wildman–Crippen LogP) is 1.50. The fraction of sp³-hybridized carbons (Fsp3) is 0.188.